The zero-order valence-electron chi connectivity index (χ0n) is 28.3. The van der Waals surface area contributed by atoms with Crippen molar-refractivity contribution in [2.24, 2.45) is 0 Å². The molecule has 0 rings (SSSR count). The molecule has 0 N–H and O–H groups in total. The first-order valence-electron chi connectivity index (χ1n) is 17.3. The number of ether oxygens (including phenoxy) is 2. The van der Waals surface area contributed by atoms with Gasteiger partial charge in [0.2, 0.25) is 0 Å². The van der Waals surface area contributed by atoms with Crippen molar-refractivity contribution in [1.82, 2.24) is 9.80 Å². The molecule has 0 atom stereocenters. The van der Waals surface area contributed by atoms with E-state index in [-0.39, 0.29) is 12.2 Å². The topological polar surface area (TPSA) is 76.1 Å². The molecule has 2 amide bonds. The lowest BCUT2D eigenvalue weighted by Gasteiger charge is -2.25. The summed E-state index contributed by atoms with van der Waals surface area (Å²) in [4.78, 5) is 42.8. The van der Waals surface area contributed by atoms with Crippen molar-refractivity contribution >= 4 is 29.1 Å². The van der Waals surface area contributed by atoms with Crippen LogP contribution in [-0.4, -0.2) is 72.2 Å². The van der Waals surface area contributed by atoms with Crippen molar-refractivity contribution < 1.29 is 23.9 Å². The normalized spacial score (nSPS) is 11.5. The Bertz CT molecular complexity index is 652. The number of nitrogens with zero attached hydrogens (tertiary/aromatic N) is 2. The number of unbranched alkanes of at least 4 members (excludes halogenated alkanes) is 12. The van der Waals surface area contributed by atoms with Gasteiger partial charge in [-0.1, -0.05) is 117 Å². The molecule has 0 bridgehead atoms. The fourth-order valence-corrected chi connectivity index (χ4v) is 5.80. The van der Waals surface area contributed by atoms with Crippen molar-refractivity contribution in [3.63, 3.8) is 0 Å². The average molecular weight is 615 g/mol. The van der Waals surface area contributed by atoms with Crippen molar-refractivity contribution in [2.75, 3.05) is 32.9 Å². The molecular formula is C34H66N2O5S. The first-order chi connectivity index (χ1) is 20.3. The molecule has 42 heavy (non-hydrogen) atoms. The van der Waals surface area contributed by atoms with Crippen LogP contribution in [0, 0.1) is 0 Å². The third kappa shape index (κ3) is 23.2. The predicted molar refractivity (Wildman–Crippen MR) is 178 cm³/mol. The van der Waals surface area contributed by atoms with Gasteiger partial charge in [0.1, 0.15) is 18.8 Å². The number of hydrogen-bond donors (Lipinski definition) is 0. The Hall–Kier alpha value is -1.28. The van der Waals surface area contributed by atoms with Crippen LogP contribution in [0.1, 0.15) is 156 Å². The summed E-state index contributed by atoms with van der Waals surface area (Å²) < 4.78 is 11.9. The van der Waals surface area contributed by atoms with E-state index in [9.17, 15) is 14.4 Å². The Morgan fingerprint density at radius 1 is 0.595 bits per heavy atom. The van der Waals surface area contributed by atoms with Crippen LogP contribution in [0.2, 0.25) is 0 Å². The highest BCUT2D eigenvalue weighted by Gasteiger charge is 2.30. The molecule has 0 aromatic heterocycles. The second-order valence-electron chi connectivity index (χ2n) is 12.0. The van der Waals surface area contributed by atoms with Gasteiger partial charge < -0.3 is 14.4 Å². The summed E-state index contributed by atoms with van der Waals surface area (Å²) in [5, 5.41) is -0.447. The number of carbonyl (C=O) groups is 3. The maximum atomic E-state index is 13.4. The van der Waals surface area contributed by atoms with Gasteiger partial charge in [0.25, 0.3) is 5.24 Å². The summed E-state index contributed by atoms with van der Waals surface area (Å²) in [5.41, 5.74) is 0. The Kier molecular flexibility index (Phi) is 27.6. The average Bonchev–Trinajstić information content (AvgIpc) is 2.95. The molecule has 0 saturated carbocycles. The molecule has 0 aliphatic carbocycles. The minimum atomic E-state index is -0.715. The molecule has 8 heteroatoms. The monoisotopic (exact) mass is 614 g/mol. The van der Waals surface area contributed by atoms with Gasteiger partial charge in [0.15, 0.2) is 0 Å². The highest BCUT2D eigenvalue weighted by molar-refractivity contribution is 8.13. The van der Waals surface area contributed by atoms with Crippen LogP contribution in [-0.2, 0) is 14.3 Å². The summed E-state index contributed by atoms with van der Waals surface area (Å²) in [6, 6.07) is 0. The van der Waals surface area contributed by atoms with E-state index < -0.39 is 23.8 Å². The van der Waals surface area contributed by atoms with E-state index in [1.165, 1.54) is 12.8 Å². The highest BCUT2D eigenvalue weighted by atomic mass is 32.2. The number of amides is 2. The summed E-state index contributed by atoms with van der Waals surface area (Å²) in [5.74, 6) is 0.00603. The summed E-state index contributed by atoms with van der Waals surface area (Å²) >= 11 is 1.05. The number of thioether (sulfide) groups is 1. The van der Waals surface area contributed by atoms with E-state index in [0.717, 1.165) is 132 Å². The predicted octanol–water partition coefficient (Wildman–Crippen LogP) is 10.0. The van der Waals surface area contributed by atoms with Gasteiger partial charge in [-0.3, -0.25) is 9.59 Å². The lowest BCUT2D eigenvalue weighted by atomic mass is 10.0. The number of imide groups is 1. The SMILES string of the molecule is CCCCCCC(CCCCCC)OC(=O)CN(C(=O)OC(CCCCCC)CCCCCC)C(=O)SCCN(C)C. The highest BCUT2D eigenvalue weighted by Crippen LogP contribution is 2.20. The van der Waals surface area contributed by atoms with Crippen molar-refractivity contribution in [3.05, 3.63) is 0 Å². The summed E-state index contributed by atoms with van der Waals surface area (Å²) in [7, 11) is 3.88. The quantitative estimate of drug-likeness (QED) is 0.0673. The van der Waals surface area contributed by atoms with Crippen LogP contribution in [0.4, 0.5) is 9.59 Å². The van der Waals surface area contributed by atoms with Gasteiger partial charge in [-0.2, -0.15) is 0 Å². The molecule has 0 aromatic carbocycles. The molecule has 0 aromatic rings. The zero-order chi connectivity index (χ0) is 31.4. The van der Waals surface area contributed by atoms with E-state index in [1.807, 2.05) is 19.0 Å². The minimum Gasteiger partial charge on any atom is -0.461 e. The molecule has 0 fully saturated rings. The maximum absolute atomic E-state index is 13.4. The smallest absolute Gasteiger partial charge is 0.418 e. The van der Waals surface area contributed by atoms with E-state index in [2.05, 4.69) is 27.7 Å². The first kappa shape index (κ1) is 40.7. The van der Waals surface area contributed by atoms with E-state index >= 15 is 0 Å². The Balaban J connectivity index is 5.47. The zero-order valence-corrected chi connectivity index (χ0v) is 29.1. The van der Waals surface area contributed by atoms with Gasteiger partial charge >= 0.3 is 12.1 Å². The van der Waals surface area contributed by atoms with Crippen LogP contribution in [0.5, 0.6) is 0 Å². The molecule has 0 heterocycles. The van der Waals surface area contributed by atoms with Gasteiger partial charge in [-0.25, -0.2) is 9.69 Å². The number of esters is 1. The number of rotatable bonds is 27. The van der Waals surface area contributed by atoms with E-state index in [1.54, 1.807) is 0 Å². The van der Waals surface area contributed by atoms with Gasteiger partial charge in [0.05, 0.1) is 0 Å². The van der Waals surface area contributed by atoms with Crippen molar-refractivity contribution in [3.8, 4) is 0 Å². The third-order valence-electron chi connectivity index (χ3n) is 7.58. The standard InChI is InChI=1S/C34H66N2O5S/c1-7-11-15-19-23-30(24-20-16-12-8-2)40-32(37)29-36(34(39)42-28-27-35(5)6)33(38)41-31(25-21-17-13-9-3)26-22-18-14-10-4/h30-31H,7-29H2,1-6H3. The Morgan fingerprint density at radius 3 is 1.38 bits per heavy atom. The molecule has 0 unspecified atom stereocenters. The molecule has 7 nitrogen and oxygen atoms in total. The molecular weight excluding hydrogens is 548 g/mol. The molecule has 0 spiro atoms. The second-order valence-corrected chi connectivity index (χ2v) is 13.1. The van der Waals surface area contributed by atoms with Gasteiger partial charge in [-0.15, -0.1) is 0 Å². The van der Waals surface area contributed by atoms with Crippen LogP contribution in [0.25, 0.3) is 0 Å². The Morgan fingerprint density at radius 2 is 1.00 bits per heavy atom. The second kappa shape index (κ2) is 28.5. The third-order valence-corrected chi connectivity index (χ3v) is 8.43. The van der Waals surface area contributed by atoms with Crippen molar-refractivity contribution in [1.29, 1.82) is 0 Å². The molecule has 0 aliphatic rings. The lowest BCUT2D eigenvalue weighted by molar-refractivity contribution is -0.150. The fourth-order valence-electron chi connectivity index (χ4n) is 4.88. The number of hydrogen-bond acceptors (Lipinski definition) is 7. The van der Waals surface area contributed by atoms with Crippen molar-refractivity contribution in [2.45, 2.75) is 168 Å². The van der Waals surface area contributed by atoms with Crippen LogP contribution >= 0.6 is 11.8 Å². The Labute approximate surface area is 263 Å². The summed E-state index contributed by atoms with van der Waals surface area (Å²) in [6.45, 7) is 9.03. The molecule has 0 saturated heterocycles. The fraction of sp³-hybridized carbons (Fsp3) is 0.912. The first-order valence-corrected chi connectivity index (χ1v) is 18.3. The van der Waals surface area contributed by atoms with Crippen LogP contribution in [0.15, 0.2) is 0 Å². The van der Waals surface area contributed by atoms with E-state index in [4.69, 9.17) is 9.47 Å². The molecule has 0 radical (unpaired) electrons. The van der Waals surface area contributed by atoms with Gasteiger partial charge in [-0.05, 0) is 65.5 Å². The summed E-state index contributed by atoms with van der Waals surface area (Å²) in [6.07, 6.45) is 19.8. The molecule has 0 aliphatic heterocycles. The largest absolute Gasteiger partial charge is 0.461 e. The number of carbonyl (C=O) groups excluding carboxylic acids is 3. The minimum absolute atomic E-state index is 0.176. The molecule has 248 valence electrons. The van der Waals surface area contributed by atoms with Crippen LogP contribution in [0.3, 0.4) is 0 Å². The van der Waals surface area contributed by atoms with E-state index in [0.29, 0.717) is 12.3 Å². The van der Waals surface area contributed by atoms with Crippen LogP contribution < -0.4 is 0 Å². The lowest BCUT2D eigenvalue weighted by Crippen LogP contribution is -2.42. The maximum Gasteiger partial charge on any atom is 0.418 e. The van der Waals surface area contributed by atoms with Gasteiger partial charge in [0, 0.05) is 12.3 Å².